The van der Waals surface area contributed by atoms with E-state index in [0.29, 0.717) is 6.04 Å². The van der Waals surface area contributed by atoms with Gasteiger partial charge in [-0.25, -0.2) is 0 Å². The summed E-state index contributed by atoms with van der Waals surface area (Å²) in [7, 11) is 2.19. The predicted molar refractivity (Wildman–Crippen MR) is 103 cm³/mol. The summed E-state index contributed by atoms with van der Waals surface area (Å²) in [5.74, 6) is 0. The summed E-state index contributed by atoms with van der Waals surface area (Å²) in [5.41, 5.74) is 2.61. The lowest BCUT2D eigenvalue weighted by Crippen LogP contribution is -2.46. The van der Waals surface area contributed by atoms with E-state index in [1.165, 1.54) is 11.1 Å². The summed E-state index contributed by atoms with van der Waals surface area (Å²) in [6.45, 7) is 4.40. The lowest BCUT2D eigenvalue weighted by molar-refractivity contribution is 0.127. The van der Waals surface area contributed by atoms with Crippen LogP contribution in [0.25, 0.3) is 0 Å². The molecule has 0 N–H and O–H groups in total. The SMILES string of the molecule is CN1CCN(C(c2ccccc2)c2cccc(Cl)c2)CC1.Cl.Cl. The Balaban J connectivity index is 0.00000132. The highest BCUT2D eigenvalue weighted by atomic mass is 35.5. The Morgan fingerprint density at radius 2 is 1.43 bits per heavy atom. The van der Waals surface area contributed by atoms with Crippen molar-refractivity contribution in [3.8, 4) is 0 Å². The van der Waals surface area contributed by atoms with Gasteiger partial charge in [0.25, 0.3) is 0 Å². The van der Waals surface area contributed by atoms with Crippen molar-refractivity contribution < 1.29 is 0 Å². The lowest BCUT2D eigenvalue weighted by Gasteiger charge is -2.38. The van der Waals surface area contributed by atoms with Crippen LogP contribution in [0.3, 0.4) is 0 Å². The smallest absolute Gasteiger partial charge is 0.0603 e. The normalized spacial score (nSPS) is 17.0. The highest BCUT2D eigenvalue weighted by Crippen LogP contribution is 2.30. The highest BCUT2D eigenvalue weighted by molar-refractivity contribution is 6.30. The van der Waals surface area contributed by atoms with Gasteiger partial charge in [0.1, 0.15) is 0 Å². The Morgan fingerprint density at radius 1 is 0.826 bits per heavy atom. The Hall–Kier alpha value is -0.770. The molecule has 0 aliphatic carbocycles. The van der Waals surface area contributed by atoms with Crippen LogP contribution < -0.4 is 0 Å². The van der Waals surface area contributed by atoms with Crippen molar-refractivity contribution in [2.45, 2.75) is 6.04 Å². The highest BCUT2D eigenvalue weighted by Gasteiger charge is 2.25. The Labute approximate surface area is 156 Å². The van der Waals surface area contributed by atoms with Crippen LogP contribution in [0.15, 0.2) is 54.6 Å². The molecular weight excluding hydrogens is 351 g/mol. The molecule has 1 aliphatic heterocycles. The number of nitrogens with zero attached hydrogens (tertiary/aromatic N) is 2. The first-order valence-corrected chi connectivity index (χ1v) is 7.85. The maximum absolute atomic E-state index is 6.21. The van der Waals surface area contributed by atoms with Gasteiger partial charge in [-0.15, -0.1) is 24.8 Å². The van der Waals surface area contributed by atoms with Gasteiger partial charge in [0.05, 0.1) is 6.04 Å². The Bertz CT molecular complexity index is 584. The first-order valence-electron chi connectivity index (χ1n) is 7.47. The summed E-state index contributed by atoms with van der Waals surface area (Å²) in [4.78, 5) is 4.94. The third-order valence-corrected chi connectivity index (χ3v) is 4.42. The first-order chi connectivity index (χ1) is 10.2. The fourth-order valence-electron chi connectivity index (χ4n) is 3.01. The summed E-state index contributed by atoms with van der Waals surface area (Å²) >= 11 is 6.21. The van der Waals surface area contributed by atoms with Crippen molar-refractivity contribution in [1.82, 2.24) is 9.80 Å². The lowest BCUT2D eigenvalue weighted by atomic mass is 9.96. The van der Waals surface area contributed by atoms with E-state index in [1.54, 1.807) is 0 Å². The zero-order valence-corrected chi connectivity index (χ0v) is 15.6. The molecule has 2 aromatic carbocycles. The molecule has 2 nitrogen and oxygen atoms in total. The van der Waals surface area contributed by atoms with Gasteiger partial charge < -0.3 is 4.90 Å². The molecule has 0 saturated carbocycles. The average Bonchev–Trinajstić information content (AvgIpc) is 2.51. The van der Waals surface area contributed by atoms with E-state index >= 15 is 0 Å². The number of hydrogen-bond donors (Lipinski definition) is 0. The van der Waals surface area contributed by atoms with Crippen LogP contribution in [0.1, 0.15) is 17.2 Å². The van der Waals surface area contributed by atoms with Gasteiger partial charge >= 0.3 is 0 Å². The van der Waals surface area contributed by atoms with Crippen molar-refractivity contribution in [2.24, 2.45) is 0 Å². The van der Waals surface area contributed by atoms with Crippen LogP contribution in [0.4, 0.5) is 0 Å². The quantitative estimate of drug-likeness (QED) is 0.780. The second kappa shape index (κ2) is 9.51. The van der Waals surface area contributed by atoms with E-state index in [-0.39, 0.29) is 24.8 Å². The van der Waals surface area contributed by atoms with Crippen molar-refractivity contribution in [3.63, 3.8) is 0 Å². The van der Waals surface area contributed by atoms with Gasteiger partial charge in [-0.3, -0.25) is 4.90 Å². The summed E-state index contributed by atoms with van der Waals surface area (Å²) in [6.07, 6.45) is 0. The van der Waals surface area contributed by atoms with Crippen LogP contribution in [-0.4, -0.2) is 43.0 Å². The van der Waals surface area contributed by atoms with Crippen LogP contribution in [0.5, 0.6) is 0 Å². The summed E-state index contributed by atoms with van der Waals surface area (Å²) < 4.78 is 0. The van der Waals surface area contributed by atoms with Crippen LogP contribution in [-0.2, 0) is 0 Å². The fourth-order valence-corrected chi connectivity index (χ4v) is 3.20. The number of hydrogen-bond acceptors (Lipinski definition) is 2. The molecule has 0 radical (unpaired) electrons. The molecular formula is C18H23Cl3N2. The number of halogens is 3. The van der Waals surface area contributed by atoms with E-state index in [9.17, 15) is 0 Å². The largest absolute Gasteiger partial charge is 0.304 e. The third-order valence-electron chi connectivity index (χ3n) is 4.18. The predicted octanol–water partition coefficient (Wildman–Crippen LogP) is 4.52. The maximum atomic E-state index is 6.21. The van der Waals surface area contributed by atoms with E-state index in [4.69, 9.17) is 11.6 Å². The molecule has 3 rings (SSSR count). The molecule has 0 amide bonds. The molecule has 2 aromatic rings. The minimum Gasteiger partial charge on any atom is -0.304 e. The van der Waals surface area contributed by atoms with Crippen molar-refractivity contribution in [3.05, 3.63) is 70.7 Å². The molecule has 1 aliphatic rings. The molecule has 0 bridgehead atoms. The molecule has 5 heteroatoms. The molecule has 1 unspecified atom stereocenters. The molecule has 1 heterocycles. The van der Waals surface area contributed by atoms with Gasteiger partial charge in [-0.2, -0.15) is 0 Å². The number of rotatable bonds is 3. The second-order valence-electron chi connectivity index (χ2n) is 5.71. The van der Waals surface area contributed by atoms with Crippen LogP contribution in [0, 0.1) is 0 Å². The number of likely N-dealkylation sites (N-methyl/N-ethyl adjacent to an activating group) is 1. The molecule has 1 saturated heterocycles. The van der Waals surface area contributed by atoms with Gasteiger partial charge in [0, 0.05) is 31.2 Å². The topological polar surface area (TPSA) is 6.48 Å². The van der Waals surface area contributed by atoms with Gasteiger partial charge in [0.15, 0.2) is 0 Å². The van der Waals surface area contributed by atoms with E-state index in [1.807, 2.05) is 12.1 Å². The standard InChI is InChI=1S/C18H21ClN2.2ClH/c1-20-10-12-21(13-11-20)18(15-6-3-2-4-7-15)16-8-5-9-17(19)14-16;;/h2-9,14,18H,10-13H2,1H3;2*1H. The zero-order valence-electron chi connectivity index (χ0n) is 13.2. The number of benzene rings is 2. The van der Waals surface area contributed by atoms with Crippen molar-refractivity contribution >= 4 is 36.4 Å². The molecule has 126 valence electrons. The van der Waals surface area contributed by atoms with Crippen molar-refractivity contribution in [1.29, 1.82) is 0 Å². The van der Waals surface area contributed by atoms with Gasteiger partial charge in [-0.1, -0.05) is 54.1 Å². The van der Waals surface area contributed by atoms with Crippen LogP contribution in [0.2, 0.25) is 5.02 Å². The zero-order chi connectivity index (χ0) is 14.7. The van der Waals surface area contributed by atoms with Gasteiger partial charge in [0.2, 0.25) is 0 Å². The van der Waals surface area contributed by atoms with E-state index in [0.717, 1.165) is 31.2 Å². The van der Waals surface area contributed by atoms with E-state index < -0.39 is 0 Å². The van der Waals surface area contributed by atoms with Gasteiger partial charge in [-0.05, 0) is 30.3 Å². The Kier molecular flexibility index (Phi) is 8.38. The monoisotopic (exact) mass is 372 g/mol. The summed E-state index contributed by atoms with van der Waals surface area (Å²) in [5, 5.41) is 0.808. The summed E-state index contributed by atoms with van der Waals surface area (Å²) in [6, 6.07) is 19.3. The maximum Gasteiger partial charge on any atom is 0.0603 e. The molecule has 1 fully saturated rings. The van der Waals surface area contributed by atoms with Crippen molar-refractivity contribution in [2.75, 3.05) is 33.2 Å². The third kappa shape index (κ3) is 5.10. The van der Waals surface area contributed by atoms with Crippen LogP contribution >= 0.6 is 36.4 Å². The van der Waals surface area contributed by atoms with E-state index in [2.05, 4.69) is 59.3 Å². The minimum atomic E-state index is 0. The first kappa shape index (κ1) is 20.3. The average molecular weight is 374 g/mol. The molecule has 23 heavy (non-hydrogen) atoms. The Morgan fingerprint density at radius 3 is 2.04 bits per heavy atom. The minimum absolute atomic E-state index is 0. The fraction of sp³-hybridized carbons (Fsp3) is 0.333. The second-order valence-corrected chi connectivity index (χ2v) is 6.14. The number of piperazine rings is 1. The molecule has 0 aromatic heterocycles. The molecule has 1 atom stereocenters. The molecule has 0 spiro atoms.